The minimum atomic E-state index is -0.438. The van der Waals surface area contributed by atoms with E-state index in [0.29, 0.717) is 12.5 Å². The van der Waals surface area contributed by atoms with Crippen molar-refractivity contribution in [3.63, 3.8) is 0 Å². The predicted molar refractivity (Wildman–Crippen MR) is 82.4 cm³/mol. The molecule has 0 heterocycles. The minimum Gasteiger partial charge on any atom is -0.369 e. The summed E-state index contributed by atoms with van der Waals surface area (Å²) in [5.41, 5.74) is 1.92. The summed E-state index contributed by atoms with van der Waals surface area (Å²) in [4.78, 5) is 12.0. The molecule has 1 atom stereocenters. The van der Waals surface area contributed by atoms with Crippen molar-refractivity contribution in [3.05, 3.63) is 28.2 Å². The fourth-order valence-electron chi connectivity index (χ4n) is 1.51. The standard InChI is InChI=1S/C15H22BrNO2/c1-10(2)7-8-19-12(4)15(18)17-14-6-5-11(3)9-13(14)16/h5-6,9-10,12H,7-8H2,1-4H3,(H,17,18). The average Bonchev–Trinajstić information content (AvgIpc) is 2.32. The SMILES string of the molecule is Cc1ccc(NC(=O)C(C)OCCC(C)C)c(Br)c1. The molecule has 0 aliphatic carbocycles. The van der Waals surface area contributed by atoms with Crippen molar-refractivity contribution >= 4 is 27.5 Å². The summed E-state index contributed by atoms with van der Waals surface area (Å²) >= 11 is 3.44. The molecule has 0 bridgehead atoms. The molecule has 0 fully saturated rings. The Hall–Kier alpha value is -0.870. The second-order valence-electron chi connectivity index (χ2n) is 5.17. The summed E-state index contributed by atoms with van der Waals surface area (Å²) in [6.45, 7) is 8.67. The maximum Gasteiger partial charge on any atom is 0.253 e. The number of rotatable bonds is 6. The van der Waals surface area contributed by atoms with Gasteiger partial charge in [-0.25, -0.2) is 0 Å². The molecule has 0 saturated heterocycles. The molecule has 0 aliphatic heterocycles. The van der Waals surface area contributed by atoms with Crippen LogP contribution in [0.1, 0.15) is 32.8 Å². The molecule has 1 N–H and O–H groups in total. The summed E-state index contributed by atoms with van der Waals surface area (Å²) in [6, 6.07) is 5.82. The van der Waals surface area contributed by atoms with Gasteiger partial charge >= 0.3 is 0 Å². The zero-order chi connectivity index (χ0) is 14.4. The Morgan fingerprint density at radius 2 is 2.05 bits per heavy atom. The fraction of sp³-hybridized carbons (Fsp3) is 0.533. The zero-order valence-electron chi connectivity index (χ0n) is 12.0. The van der Waals surface area contributed by atoms with Gasteiger partial charge in [0.2, 0.25) is 0 Å². The van der Waals surface area contributed by atoms with E-state index >= 15 is 0 Å². The third-order valence-electron chi connectivity index (χ3n) is 2.81. The maximum absolute atomic E-state index is 12.0. The molecule has 1 aromatic rings. The van der Waals surface area contributed by atoms with Crippen molar-refractivity contribution in [2.75, 3.05) is 11.9 Å². The number of hydrogen-bond donors (Lipinski definition) is 1. The Balaban J connectivity index is 2.49. The Labute approximate surface area is 123 Å². The molecule has 0 aliphatic rings. The van der Waals surface area contributed by atoms with Gasteiger partial charge in [0.05, 0.1) is 5.69 Å². The summed E-state index contributed by atoms with van der Waals surface area (Å²) in [5, 5.41) is 2.86. The van der Waals surface area contributed by atoms with E-state index in [1.165, 1.54) is 0 Å². The van der Waals surface area contributed by atoms with Gasteiger partial charge in [-0.2, -0.15) is 0 Å². The van der Waals surface area contributed by atoms with Gasteiger partial charge in [-0.15, -0.1) is 0 Å². The van der Waals surface area contributed by atoms with E-state index in [2.05, 4.69) is 35.1 Å². The number of benzene rings is 1. The van der Waals surface area contributed by atoms with Crippen LogP contribution in [-0.2, 0) is 9.53 Å². The Kier molecular flexibility index (Phi) is 6.52. The van der Waals surface area contributed by atoms with Crippen molar-refractivity contribution in [1.29, 1.82) is 0 Å². The summed E-state index contributed by atoms with van der Waals surface area (Å²) in [5.74, 6) is 0.467. The second kappa shape index (κ2) is 7.65. The molecular formula is C15H22BrNO2. The number of ether oxygens (including phenoxy) is 1. The normalized spacial score (nSPS) is 12.5. The molecule has 0 aromatic heterocycles. The highest BCUT2D eigenvalue weighted by atomic mass is 79.9. The quantitative estimate of drug-likeness (QED) is 0.852. The van der Waals surface area contributed by atoms with Gasteiger partial charge in [-0.05, 0) is 59.8 Å². The summed E-state index contributed by atoms with van der Waals surface area (Å²) < 4.78 is 6.41. The first kappa shape index (κ1) is 16.2. The van der Waals surface area contributed by atoms with Crippen molar-refractivity contribution in [2.45, 2.75) is 40.2 Å². The number of amides is 1. The van der Waals surface area contributed by atoms with E-state index < -0.39 is 6.10 Å². The summed E-state index contributed by atoms with van der Waals surface area (Å²) in [7, 11) is 0. The van der Waals surface area contributed by atoms with Crippen molar-refractivity contribution in [3.8, 4) is 0 Å². The highest BCUT2D eigenvalue weighted by Gasteiger charge is 2.14. The molecule has 4 heteroatoms. The van der Waals surface area contributed by atoms with Crippen LogP contribution in [-0.4, -0.2) is 18.6 Å². The van der Waals surface area contributed by atoms with E-state index in [1.54, 1.807) is 6.92 Å². The number of carbonyl (C=O) groups excluding carboxylic acids is 1. The first-order chi connectivity index (χ1) is 8.90. The van der Waals surface area contributed by atoms with Crippen molar-refractivity contribution in [1.82, 2.24) is 0 Å². The van der Waals surface area contributed by atoms with Crippen molar-refractivity contribution < 1.29 is 9.53 Å². The number of anilines is 1. The van der Waals surface area contributed by atoms with Crippen LogP contribution in [0.4, 0.5) is 5.69 Å². The van der Waals surface area contributed by atoms with E-state index in [-0.39, 0.29) is 5.91 Å². The fourth-order valence-corrected chi connectivity index (χ4v) is 2.10. The van der Waals surface area contributed by atoms with Crippen LogP contribution in [0.3, 0.4) is 0 Å². The molecule has 19 heavy (non-hydrogen) atoms. The van der Waals surface area contributed by atoms with E-state index in [9.17, 15) is 4.79 Å². The van der Waals surface area contributed by atoms with Crippen LogP contribution in [0, 0.1) is 12.8 Å². The van der Waals surface area contributed by atoms with Crippen molar-refractivity contribution in [2.24, 2.45) is 5.92 Å². The van der Waals surface area contributed by atoms with Gasteiger partial charge in [0.25, 0.3) is 5.91 Å². The van der Waals surface area contributed by atoms with E-state index in [1.807, 2.05) is 25.1 Å². The molecule has 1 amide bonds. The van der Waals surface area contributed by atoms with Crippen LogP contribution < -0.4 is 5.32 Å². The first-order valence-electron chi connectivity index (χ1n) is 6.58. The second-order valence-corrected chi connectivity index (χ2v) is 6.02. The number of nitrogens with one attached hydrogen (secondary N) is 1. The Morgan fingerprint density at radius 3 is 2.63 bits per heavy atom. The minimum absolute atomic E-state index is 0.117. The number of carbonyl (C=O) groups is 1. The van der Waals surface area contributed by atoms with Gasteiger partial charge in [0, 0.05) is 11.1 Å². The van der Waals surface area contributed by atoms with E-state index in [0.717, 1.165) is 22.1 Å². The third kappa shape index (κ3) is 5.74. The first-order valence-corrected chi connectivity index (χ1v) is 7.38. The highest BCUT2D eigenvalue weighted by Crippen LogP contribution is 2.23. The molecule has 0 saturated carbocycles. The topological polar surface area (TPSA) is 38.3 Å². The average molecular weight is 328 g/mol. The van der Waals surface area contributed by atoms with Gasteiger partial charge in [0.15, 0.2) is 0 Å². The van der Waals surface area contributed by atoms with Gasteiger partial charge in [-0.3, -0.25) is 4.79 Å². The lowest BCUT2D eigenvalue weighted by Gasteiger charge is -2.15. The lowest BCUT2D eigenvalue weighted by Crippen LogP contribution is -2.28. The molecule has 0 radical (unpaired) electrons. The molecule has 1 aromatic carbocycles. The molecule has 3 nitrogen and oxygen atoms in total. The highest BCUT2D eigenvalue weighted by molar-refractivity contribution is 9.10. The van der Waals surface area contributed by atoms with Gasteiger partial charge in [-0.1, -0.05) is 19.9 Å². The molecule has 1 rings (SSSR count). The third-order valence-corrected chi connectivity index (χ3v) is 3.47. The maximum atomic E-state index is 12.0. The predicted octanol–water partition coefficient (Wildman–Crippen LogP) is 4.15. The smallest absolute Gasteiger partial charge is 0.253 e. The summed E-state index contributed by atoms with van der Waals surface area (Å²) in [6.07, 6.45) is 0.526. The van der Waals surface area contributed by atoms with Crippen LogP contribution in [0.2, 0.25) is 0 Å². The molecule has 0 spiro atoms. The van der Waals surface area contributed by atoms with Gasteiger partial charge < -0.3 is 10.1 Å². The van der Waals surface area contributed by atoms with Crippen LogP contribution in [0.5, 0.6) is 0 Å². The van der Waals surface area contributed by atoms with Crippen LogP contribution >= 0.6 is 15.9 Å². The molecular weight excluding hydrogens is 306 g/mol. The monoisotopic (exact) mass is 327 g/mol. The van der Waals surface area contributed by atoms with Gasteiger partial charge in [0.1, 0.15) is 6.10 Å². The van der Waals surface area contributed by atoms with E-state index in [4.69, 9.17) is 4.74 Å². The molecule has 1 unspecified atom stereocenters. The molecule has 106 valence electrons. The lowest BCUT2D eigenvalue weighted by atomic mass is 10.1. The number of hydrogen-bond acceptors (Lipinski definition) is 2. The Bertz CT molecular complexity index is 432. The zero-order valence-corrected chi connectivity index (χ0v) is 13.6. The lowest BCUT2D eigenvalue weighted by molar-refractivity contribution is -0.126. The van der Waals surface area contributed by atoms with Crippen LogP contribution in [0.15, 0.2) is 22.7 Å². The number of halogens is 1. The van der Waals surface area contributed by atoms with Crippen LogP contribution in [0.25, 0.3) is 0 Å². The largest absolute Gasteiger partial charge is 0.369 e. The Morgan fingerprint density at radius 1 is 1.37 bits per heavy atom. The number of aryl methyl sites for hydroxylation is 1.